The first-order valence-electron chi connectivity index (χ1n) is 35.3. The first-order valence-corrected chi connectivity index (χ1v) is 35.3. The minimum atomic E-state index is -0.713. The fourth-order valence-electron chi connectivity index (χ4n) is 19.2. The highest BCUT2D eigenvalue weighted by molar-refractivity contribution is 6.22. The van der Waals surface area contributed by atoms with Gasteiger partial charge in [0.2, 0.25) is 0 Å². The molecule has 0 saturated heterocycles. The van der Waals surface area contributed by atoms with Crippen molar-refractivity contribution in [3.8, 4) is 55.6 Å². The summed E-state index contributed by atoms with van der Waals surface area (Å²) in [5.74, 6) is 0. The number of nitrogens with zero attached hydrogens (tertiary/aromatic N) is 1. The van der Waals surface area contributed by atoms with Crippen molar-refractivity contribution in [3.05, 3.63) is 449 Å². The number of benzene rings is 17. The molecule has 2 heterocycles. The van der Waals surface area contributed by atoms with Gasteiger partial charge in [-0.25, -0.2) is 0 Å². The van der Waals surface area contributed by atoms with Crippen LogP contribution in [-0.2, 0) is 16.2 Å². The van der Waals surface area contributed by atoms with Crippen molar-refractivity contribution in [2.45, 2.75) is 16.2 Å². The average molecular weight is 1280 g/mol. The van der Waals surface area contributed by atoms with Gasteiger partial charge >= 0.3 is 0 Å². The second-order valence-electron chi connectivity index (χ2n) is 27.6. The molecule has 2 aliphatic carbocycles. The predicted molar refractivity (Wildman–Crippen MR) is 420 cm³/mol. The quantitative estimate of drug-likeness (QED) is 0.153. The third kappa shape index (κ3) is 7.76. The standard InChI is InChI=1S/C99H64N2/c1-6-32-65(33-7-1)97(66-34-8-2-9-35-66)84-54-22-24-59-90(84)100-95-75(49-28-57-88(95)97)71-45-26-47-73-80(71)63-81-72(76-50-29-58-89-96(76)101(69-40-14-5-15-41-69)91-60-25-23-55-85(91)98(89,67-36-10-3-11-37-67)68-38-12-4-13-39-68)46-27-48-74(81)92(73)79-51-30-56-86-94(79)78-44-19-21-53-83(78)99(86)82-52-20-18-43-77(82)93-70-42-17-16-31-64(70)61-62-87(93)99/h1-63,100H. The van der Waals surface area contributed by atoms with E-state index in [1.54, 1.807) is 0 Å². The monoisotopic (exact) mass is 1280 g/mol. The topological polar surface area (TPSA) is 15.3 Å². The van der Waals surface area contributed by atoms with Crippen LogP contribution in [0.1, 0.15) is 66.8 Å². The Balaban J connectivity index is 0.902. The molecule has 21 rings (SSSR count). The Bertz CT molecular complexity index is 6160. The Labute approximate surface area is 588 Å². The third-order valence-electron chi connectivity index (χ3n) is 23.0. The Kier molecular flexibility index (Phi) is 12.5. The summed E-state index contributed by atoms with van der Waals surface area (Å²) in [6.45, 7) is 0. The smallest absolute Gasteiger partial charge is 0.0742 e. The van der Waals surface area contributed by atoms with Crippen molar-refractivity contribution in [2.75, 3.05) is 10.2 Å². The highest BCUT2D eigenvalue weighted by Crippen LogP contribution is 2.67. The van der Waals surface area contributed by atoms with Crippen LogP contribution in [0, 0.1) is 0 Å². The predicted octanol–water partition coefficient (Wildman–Crippen LogP) is 25.1. The first kappa shape index (κ1) is 57.2. The second kappa shape index (κ2) is 22.1. The van der Waals surface area contributed by atoms with Gasteiger partial charge < -0.3 is 10.2 Å². The fourth-order valence-corrected chi connectivity index (χ4v) is 19.2. The van der Waals surface area contributed by atoms with Gasteiger partial charge in [-0.1, -0.05) is 352 Å². The molecule has 0 amide bonds. The maximum absolute atomic E-state index is 4.18. The van der Waals surface area contributed by atoms with Crippen LogP contribution in [0.15, 0.2) is 382 Å². The molecule has 4 aliphatic rings. The molecule has 0 saturated carbocycles. The van der Waals surface area contributed by atoms with E-state index >= 15 is 0 Å². The van der Waals surface area contributed by atoms with Crippen LogP contribution in [0.2, 0.25) is 0 Å². The molecular formula is C99H64N2. The number of rotatable bonds is 8. The van der Waals surface area contributed by atoms with E-state index < -0.39 is 16.2 Å². The van der Waals surface area contributed by atoms with Crippen LogP contribution in [0.25, 0.3) is 88.0 Å². The molecular weight excluding hydrogens is 1220 g/mol. The molecule has 17 aromatic rings. The number of hydrogen-bond donors (Lipinski definition) is 1. The minimum Gasteiger partial charge on any atom is -0.354 e. The van der Waals surface area contributed by atoms with Crippen LogP contribution in [0.5, 0.6) is 0 Å². The maximum Gasteiger partial charge on any atom is 0.0742 e. The Hall–Kier alpha value is -12.9. The van der Waals surface area contributed by atoms with Crippen LogP contribution in [0.4, 0.5) is 28.4 Å². The lowest BCUT2D eigenvalue weighted by atomic mass is 9.62. The summed E-state index contributed by atoms with van der Waals surface area (Å²) >= 11 is 0. The zero-order valence-electron chi connectivity index (χ0n) is 55.3. The van der Waals surface area contributed by atoms with Gasteiger partial charge in [-0.2, -0.15) is 0 Å². The normalized spacial score (nSPS) is 15.2. The van der Waals surface area contributed by atoms with Gasteiger partial charge in [-0.15, -0.1) is 0 Å². The van der Waals surface area contributed by atoms with Gasteiger partial charge in [0.15, 0.2) is 0 Å². The number of nitrogens with one attached hydrogen (secondary N) is 1. The Morgan fingerprint density at radius 2 is 0.634 bits per heavy atom. The summed E-state index contributed by atoms with van der Waals surface area (Å²) in [6, 6.07) is 145. The van der Waals surface area contributed by atoms with Gasteiger partial charge in [-0.3, -0.25) is 0 Å². The van der Waals surface area contributed by atoms with E-state index in [-0.39, 0.29) is 0 Å². The molecule has 2 heteroatoms. The van der Waals surface area contributed by atoms with Gasteiger partial charge in [-0.05, 0) is 174 Å². The summed E-state index contributed by atoms with van der Waals surface area (Å²) in [4.78, 5) is 2.56. The van der Waals surface area contributed by atoms with Crippen molar-refractivity contribution in [1.82, 2.24) is 0 Å². The summed E-state index contributed by atoms with van der Waals surface area (Å²) in [5, 5.41) is 11.4. The molecule has 0 fully saturated rings. The van der Waals surface area contributed by atoms with Gasteiger partial charge in [0.1, 0.15) is 0 Å². The molecule has 17 aromatic carbocycles. The second-order valence-corrected chi connectivity index (χ2v) is 27.6. The molecule has 1 atom stereocenters. The van der Waals surface area contributed by atoms with Gasteiger partial charge in [0, 0.05) is 22.5 Å². The van der Waals surface area contributed by atoms with Crippen molar-refractivity contribution < 1.29 is 0 Å². The van der Waals surface area contributed by atoms with E-state index in [0.29, 0.717) is 0 Å². The summed E-state index contributed by atoms with van der Waals surface area (Å²) in [5.41, 5.74) is 30.7. The SMILES string of the molecule is c1ccc(N2c3ccccc3C(c3ccccc3)(c3ccccc3)c3cccc(-c4cccc5c(-c6cccc7c6-c6ccccc6C76c7ccccc7-c7c6ccc6ccccc76)c6cccc(-c7cccc8c7Nc7ccccc7C8(c7ccccc7)c7ccccc7)c6cc45)c32)cc1. The van der Waals surface area contributed by atoms with Crippen molar-refractivity contribution >= 4 is 60.8 Å². The minimum absolute atomic E-state index is 0.589. The molecule has 101 heavy (non-hydrogen) atoms. The highest BCUT2D eigenvalue weighted by Gasteiger charge is 2.53. The molecule has 0 bridgehead atoms. The van der Waals surface area contributed by atoms with E-state index in [1.807, 2.05) is 0 Å². The molecule has 1 unspecified atom stereocenters. The van der Waals surface area contributed by atoms with Crippen LogP contribution < -0.4 is 10.2 Å². The van der Waals surface area contributed by atoms with Crippen LogP contribution in [-0.4, -0.2) is 0 Å². The first-order chi connectivity index (χ1) is 50.2. The summed E-state index contributed by atoms with van der Waals surface area (Å²) < 4.78 is 0. The van der Waals surface area contributed by atoms with E-state index in [4.69, 9.17) is 0 Å². The Morgan fingerprint density at radius 1 is 0.218 bits per heavy atom. The van der Waals surface area contributed by atoms with Crippen LogP contribution in [0.3, 0.4) is 0 Å². The lowest BCUT2D eigenvalue weighted by Crippen LogP contribution is -2.38. The van der Waals surface area contributed by atoms with E-state index in [2.05, 4.69) is 392 Å². The molecule has 0 radical (unpaired) electrons. The zero-order chi connectivity index (χ0) is 66.4. The molecule has 1 N–H and O–H groups in total. The van der Waals surface area contributed by atoms with Gasteiger partial charge in [0.25, 0.3) is 0 Å². The van der Waals surface area contributed by atoms with E-state index in [0.717, 1.165) is 50.7 Å². The van der Waals surface area contributed by atoms with Crippen molar-refractivity contribution in [3.63, 3.8) is 0 Å². The molecule has 470 valence electrons. The largest absolute Gasteiger partial charge is 0.354 e. The average Bonchev–Trinajstić information content (AvgIpc) is 1.56. The Morgan fingerprint density at radius 3 is 1.27 bits per heavy atom. The summed E-state index contributed by atoms with van der Waals surface area (Å²) in [7, 11) is 0. The molecule has 2 aliphatic heterocycles. The third-order valence-corrected chi connectivity index (χ3v) is 23.0. The zero-order valence-corrected chi connectivity index (χ0v) is 55.3. The fraction of sp³-hybridized carbons (Fsp3) is 0.0303. The number of para-hydroxylation sites is 5. The number of anilines is 5. The van der Waals surface area contributed by atoms with E-state index in [1.165, 1.54) is 132 Å². The van der Waals surface area contributed by atoms with E-state index in [9.17, 15) is 0 Å². The van der Waals surface area contributed by atoms with Gasteiger partial charge in [0.05, 0.1) is 33.3 Å². The summed E-state index contributed by atoms with van der Waals surface area (Å²) in [6.07, 6.45) is 0. The number of fused-ring (bicyclic) bond motifs is 18. The maximum atomic E-state index is 4.18. The highest BCUT2D eigenvalue weighted by atomic mass is 15.2. The lowest BCUT2D eigenvalue weighted by molar-refractivity contribution is 0.731. The lowest BCUT2D eigenvalue weighted by Gasteiger charge is -2.47. The number of hydrogen-bond acceptors (Lipinski definition) is 2. The van der Waals surface area contributed by atoms with Crippen LogP contribution >= 0.6 is 0 Å². The molecule has 0 aromatic heterocycles. The molecule has 2 nitrogen and oxygen atoms in total. The van der Waals surface area contributed by atoms with Crippen molar-refractivity contribution in [1.29, 1.82) is 0 Å². The molecule has 1 spiro atoms. The van der Waals surface area contributed by atoms with Crippen molar-refractivity contribution in [2.24, 2.45) is 0 Å².